The van der Waals surface area contributed by atoms with Gasteiger partial charge in [0.05, 0.1) is 38.3 Å². The van der Waals surface area contributed by atoms with E-state index in [2.05, 4.69) is 100 Å². The van der Waals surface area contributed by atoms with Crippen molar-refractivity contribution < 1.29 is 121 Å². The van der Waals surface area contributed by atoms with E-state index in [9.17, 15) is 112 Å². The third-order valence-electron chi connectivity index (χ3n) is 23.8. The van der Waals surface area contributed by atoms with Gasteiger partial charge in [0.2, 0.25) is 112 Å². The van der Waals surface area contributed by atoms with Crippen LogP contribution in [0, 0.1) is 29.1 Å². The number of H-pyrrole nitrogens is 2. The summed E-state index contributed by atoms with van der Waals surface area (Å²) in [5, 5.41) is 92.2. The van der Waals surface area contributed by atoms with Gasteiger partial charge in [0, 0.05) is 73.0 Å². The number of aliphatic hydroxyl groups is 2. The molecule has 52 heteroatoms. The van der Waals surface area contributed by atoms with Crippen molar-refractivity contribution in [1.82, 2.24) is 105 Å². The van der Waals surface area contributed by atoms with Crippen LogP contribution >= 0.6 is 0 Å². The molecule has 0 aliphatic carbocycles. The molecule has 1 aliphatic rings. The standard InChI is InChI=1S/C94H147N27O25/c1-47(2)36-56(97)79(132)105-44-73(127)118-76(49(5)6)90(143)106-43-72(126)108-62(28-30-70(98)124)83(136)110-60(24-14-16-32-95)82(135)113-65(38-52-41-103-57-22-12-10-20-54(52)57)85(138)116-67(40-74(128)129)93(146)121-35-19-27-69(121)89(142)115-64(37-48(3)4)86(139)120-78(51(9)123)92(145)112-61(25-15-17-33-96)81(134)111-63(29-31-71(99)125)84(137)114-66(39-53-42-104-58-23-13-11-21-55(53)58)87(140)119-77(50(7)8)91(144)117-68(46-122)88(141)109-59(26-18-34-102-94(100)101)80(133)107-45-75(130)131/h10-13,20-23,41-42,47-51,56,59-69,76-78,103-104,122-123H,14-19,24-40,43-46,95-97H2,1-9H3,(H2,98,124)(H2,99,125)(H,105,132)(H,106,143)(H,107,133)(H,108,126)(H,109,141)(H,110,136)(H,111,134)(H,112,145)(H,113,135)(H,114,137)(H,115,142)(H,116,138)(H,117,144)(H,118,127)(H,119,140)(H,120,139)(H,128,129)(H,130,131)(H4,100,101,102)/t51-,56+,59+,60+,61+,62+,63+,64+,65+,66+,67+,68+,69+,76+,77+,78+/m1/s1. The third-order valence-corrected chi connectivity index (χ3v) is 23.8. The van der Waals surface area contributed by atoms with Crippen LogP contribution in [-0.4, -0.2) is 315 Å². The fraction of sp³-hybridized carbons (Fsp3) is 0.596. The van der Waals surface area contributed by atoms with E-state index >= 15 is 9.59 Å². The number of guanidine groups is 1. The van der Waals surface area contributed by atoms with E-state index in [0.29, 0.717) is 39.4 Å². The second kappa shape index (κ2) is 61.6. The first kappa shape index (κ1) is 122. The number of carboxylic acid groups (broad SMARTS) is 2. The van der Waals surface area contributed by atoms with Gasteiger partial charge in [-0.25, -0.2) is 0 Å². The van der Waals surface area contributed by atoms with Gasteiger partial charge in [0.1, 0.15) is 91.1 Å². The van der Waals surface area contributed by atoms with Gasteiger partial charge in [-0.3, -0.25) is 106 Å². The highest BCUT2D eigenvalue weighted by Gasteiger charge is 2.44. The van der Waals surface area contributed by atoms with Gasteiger partial charge in [-0.1, -0.05) is 91.8 Å². The summed E-state index contributed by atoms with van der Waals surface area (Å²) in [5.41, 5.74) is 36.2. The number of carbonyl (C=O) groups excluding carboxylic acids is 19. The van der Waals surface area contributed by atoms with E-state index < -0.39 is 303 Å². The van der Waals surface area contributed by atoms with Crippen molar-refractivity contribution in [2.75, 3.05) is 52.4 Å². The molecule has 1 fully saturated rings. The minimum atomic E-state index is -1.99. The summed E-state index contributed by atoms with van der Waals surface area (Å²) in [7, 11) is 0. The zero-order valence-electron chi connectivity index (χ0n) is 83.7. The van der Waals surface area contributed by atoms with Gasteiger partial charge < -0.3 is 160 Å². The van der Waals surface area contributed by atoms with Gasteiger partial charge >= 0.3 is 11.9 Å². The van der Waals surface area contributed by atoms with Crippen molar-refractivity contribution in [2.45, 2.75) is 281 Å². The molecule has 16 atom stereocenters. The number of fused-ring (bicyclic) bond motifs is 2. The summed E-state index contributed by atoms with van der Waals surface area (Å²) < 4.78 is 0. The summed E-state index contributed by atoms with van der Waals surface area (Å²) in [6.07, 6.45) is -2.07. The van der Waals surface area contributed by atoms with Gasteiger partial charge in [0.25, 0.3) is 0 Å². The lowest BCUT2D eigenvalue weighted by Crippen LogP contribution is -2.62. The quantitative estimate of drug-likeness (QED) is 0.0111. The number of amides is 19. The molecular formula is C94H147N27O25. The number of carbonyl (C=O) groups is 21. The number of aromatic amines is 2. The van der Waals surface area contributed by atoms with E-state index in [1.54, 1.807) is 82.4 Å². The van der Waals surface area contributed by atoms with Gasteiger partial charge in [-0.05, 0) is 157 Å². The predicted octanol–water partition coefficient (Wildman–Crippen LogP) is -7.21. The van der Waals surface area contributed by atoms with Crippen molar-refractivity contribution in [3.05, 3.63) is 72.1 Å². The molecule has 146 heavy (non-hydrogen) atoms. The minimum absolute atomic E-state index is 0.0489. The molecule has 2 aromatic heterocycles. The van der Waals surface area contributed by atoms with E-state index in [1.165, 1.54) is 20.0 Å². The van der Waals surface area contributed by atoms with Crippen molar-refractivity contribution in [3.8, 4) is 0 Å². The van der Waals surface area contributed by atoms with Crippen LogP contribution in [0.3, 0.4) is 0 Å². The van der Waals surface area contributed by atoms with Crippen molar-refractivity contribution in [3.63, 3.8) is 0 Å². The summed E-state index contributed by atoms with van der Waals surface area (Å²) >= 11 is 0. The largest absolute Gasteiger partial charge is 0.481 e. The van der Waals surface area contributed by atoms with Crippen molar-refractivity contribution in [1.29, 1.82) is 5.41 Å². The summed E-state index contributed by atoms with van der Waals surface area (Å²) in [5.74, 6) is -24.1. The lowest BCUT2D eigenvalue weighted by molar-refractivity contribution is -0.146. The zero-order valence-corrected chi connectivity index (χ0v) is 83.7. The first-order chi connectivity index (χ1) is 69.0. The molecule has 2 aromatic carbocycles. The van der Waals surface area contributed by atoms with Crippen molar-refractivity contribution in [2.24, 2.45) is 58.1 Å². The second-order valence-corrected chi connectivity index (χ2v) is 37.5. The van der Waals surface area contributed by atoms with Crippen LogP contribution < -0.4 is 125 Å². The van der Waals surface area contributed by atoms with Crippen molar-refractivity contribution >= 4 is 152 Å². The Morgan fingerprint density at radius 3 is 1.28 bits per heavy atom. The van der Waals surface area contributed by atoms with Crippen LogP contribution in [0.1, 0.15) is 183 Å². The number of likely N-dealkylation sites (tertiary alicyclic amines) is 1. The number of rotatable bonds is 66. The second-order valence-electron chi connectivity index (χ2n) is 37.5. The number of hydrogen-bond acceptors (Lipinski definition) is 27. The topological polar surface area (TPSA) is 859 Å². The predicted molar refractivity (Wildman–Crippen MR) is 530 cm³/mol. The van der Waals surface area contributed by atoms with Crippen LogP contribution in [0.4, 0.5) is 0 Å². The number of aliphatic carboxylic acids is 2. The fourth-order valence-electron chi connectivity index (χ4n) is 16.0. The maximum atomic E-state index is 15.1. The number of benzene rings is 2. The van der Waals surface area contributed by atoms with E-state index in [0.717, 1.165) is 11.8 Å². The smallest absolute Gasteiger partial charge is 0.322 e. The van der Waals surface area contributed by atoms with Gasteiger partial charge in [0.15, 0.2) is 5.96 Å². The lowest BCUT2D eigenvalue weighted by atomic mass is 9.99. The zero-order chi connectivity index (χ0) is 109. The average molecular weight is 2060 g/mol. The molecule has 0 bridgehead atoms. The van der Waals surface area contributed by atoms with Gasteiger partial charge in [-0.15, -0.1) is 0 Å². The molecule has 808 valence electrons. The normalized spacial score (nSPS) is 15.4. The highest BCUT2D eigenvalue weighted by atomic mass is 16.4. The highest BCUT2D eigenvalue weighted by molar-refractivity contribution is 6.03. The van der Waals surface area contributed by atoms with Crippen LogP contribution in [-0.2, 0) is 114 Å². The maximum absolute atomic E-state index is 15.1. The number of carboxylic acids is 2. The number of primary amides is 2. The molecule has 0 unspecified atom stereocenters. The lowest BCUT2D eigenvalue weighted by Gasteiger charge is -2.31. The maximum Gasteiger partial charge on any atom is 0.322 e. The molecule has 4 aromatic rings. The molecule has 1 aliphatic heterocycles. The molecule has 5 rings (SSSR count). The first-order valence-electron chi connectivity index (χ1n) is 48.7. The molecular weight excluding hydrogens is 1910 g/mol. The van der Waals surface area contributed by atoms with Crippen LogP contribution in [0.15, 0.2) is 60.9 Å². The molecule has 0 radical (unpaired) electrons. The number of aliphatic hydroxyl groups excluding tert-OH is 2. The number of nitrogens with zero attached hydrogens (tertiary/aromatic N) is 1. The molecule has 1 saturated heterocycles. The van der Waals surface area contributed by atoms with Crippen LogP contribution in [0.5, 0.6) is 0 Å². The molecule has 19 amide bonds. The number of unbranched alkanes of at least 4 members (excludes halogenated alkanes) is 2. The minimum Gasteiger partial charge on any atom is -0.481 e. The van der Waals surface area contributed by atoms with E-state index in [1.807, 2.05) is 13.8 Å². The van der Waals surface area contributed by atoms with Crippen LogP contribution in [0.25, 0.3) is 21.8 Å². The monoisotopic (exact) mass is 2050 g/mol. The van der Waals surface area contributed by atoms with E-state index in [-0.39, 0.29) is 116 Å². The van der Waals surface area contributed by atoms with E-state index in [4.69, 9.17) is 39.8 Å². The Morgan fingerprint density at radius 2 is 0.815 bits per heavy atom. The number of nitrogens with two attached hydrogens (primary N) is 6. The Balaban J connectivity index is 1.38. The Labute approximate surface area is 843 Å². The highest BCUT2D eigenvalue weighted by Crippen LogP contribution is 2.25. The number of nitrogens with one attached hydrogen (secondary N) is 20. The molecule has 0 saturated carbocycles. The molecule has 3 heterocycles. The summed E-state index contributed by atoms with van der Waals surface area (Å²) in [6, 6.07) is -10.3. The Hall–Kier alpha value is -14.5. The Kier molecular flexibility index (Phi) is 51.4. The Morgan fingerprint density at radius 1 is 0.418 bits per heavy atom. The van der Waals surface area contributed by atoms with Crippen LogP contribution in [0.2, 0.25) is 0 Å². The number of para-hydroxylation sites is 2. The summed E-state index contributed by atoms with van der Waals surface area (Å²) in [4.78, 5) is 298. The number of aromatic nitrogens is 2. The summed E-state index contributed by atoms with van der Waals surface area (Å²) in [6.45, 7) is 11.2. The fourth-order valence-corrected chi connectivity index (χ4v) is 16.0. The molecule has 52 nitrogen and oxygen atoms in total. The SMILES string of the molecule is CC(C)C[C@H](NC(=O)[C@@H]1CCCN1C(=O)[C@H](CC(=O)O)NC(=O)[C@H](Cc1c[nH]c2ccccc12)NC(=O)[C@H](CCCCN)NC(=O)[C@H](CCC(N)=O)NC(=O)CNC(=O)[C@@H](NC(=O)CNC(=O)[C@@H](N)CC(C)C)C(C)C)C(=O)N[C@H](C(=O)N[C@@H](CCCCN)C(=O)N[C@@H](CCC(N)=O)C(=O)N[C@@H](Cc1c[nH]c2ccccc12)C(=O)N[C@H](C(=O)N[C@@H](CO)C(=O)N[C@@H](CCCNC(=N)N)C(=O)NCC(=O)O)C(C)C)[C@@H](C)O. The third kappa shape index (κ3) is 41.3. The van der Waals surface area contributed by atoms with Gasteiger partial charge in [-0.2, -0.15) is 0 Å². The average Bonchev–Trinajstić information content (AvgIpc) is 1.65. The molecule has 36 N–H and O–H groups in total. The first-order valence-corrected chi connectivity index (χ1v) is 48.7. The number of hydrogen-bond donors (Lipinski definition) is 30. The molecule has 0 spiro atoms. The Bertz CT molecular complexity index is 5180.